The molecule has 1 aromatic carbocycles. The Labute approximate surface area is 150 Å². The standard InChI is InChI=1S/C17H23BrN6/c1-11-9-14(18)7-6-13(11)10-20-17(19-3)22-15-5-4-8-24-16(15)21-12(2)23-24/h6-7,9,15H,4-5,8,10H2,1-3H3,(H2,19,20,22). The Bertz CT molecular complexity index is 752. The summed E-state index contributed by atoms with van der Waals surface area (Å²) in [5.41, 5.74) is 2.50. The van der Waals surface area contributed by atoms with E-state index in [0.717, 1.165) is 48.0 Å². The van der Waals surface area contributed by atoms with Crippen molar-refractivity contribution >= 4 is 21.9 Å². The van der Waals surface area contributed by atoms with Crippen LogP contribution < -0.4 is 10.6 Å². The number of hydrogen-bond acceptors (Lipinski definition) is 3. The summed E-state index contributed by atoms with van der Waals surface area (Å²) < 4.78 is 3.10. The number of benzene rings is 1. The van der Waals surface area contributed by atoms with E-state index in [1.807, 2.05) is 11.6 Å². The van der Waals surface area contributed by atoms with Crippen LogP contribution in [0.4, 0.5) is 0 Å². The van der Waals surface area contributed by atoms with Gasteiger partial charge in [-0.25, -0.2) is 9.67 Å². The van der Waals surface area contributed by atoms with Crippen LogP contribution in [0.25, 0.3) is 0 Å². The molecule has 0 amide bonds. The number of guanidine groups is 1. The summed E-state index contributed by atoms with van der Waals surface area (Å²) in [6.45, 7) is 5.73. The lowest BCUT2D eigenvalue weighted by Crippen LogP contribution is -2.41. The Morgan fingerprint density at radius 3 is 3.00 bits per heavy atom. The molecule has 1 aliphatic rings. The second-order valence-electron chi connectivity index (χ2n) is 6.08. The van der Waals surface area contributed by atoms with Crippen LogP contribution >= 0.6 is 15.9 Å². The summed E-state index contributed by atoms with van der Waals surface area (Å²) in [7, 11) is 1.79. The Morgan fingerprint density at radius 1 is 1.42 bits per heavy atom. The van der Waals surface area contributed by atoms with Crippen molar-refractivity contribution in [1.82, 2.24) is 25.4 Å². The number of aromatic nitrogens is 3. The molecule has 1 unspecified atom stereocenters. The first-order valence-electron chi connectivity index (χ1n) is 8.20. The summed E-state index contributed by atoms with van der Waals surface area (Å²) in [5, 5.41) is 11.3. The number of nitrogens with zero attached hydrogens (tertiary/aromatic N) is 4. The van der Waals surface area contributed by atoms with Gasteiger partial charge >= 0.3 is 0 Å². The summed E-state index contributed by atoms with van der Waals surface area (Å²) in [5.74, 6) is 2.62. The molecule has 6 nitrogen and oxygen atoms in total. The zero-order chi connectivity index (χ0) is 17.1. The topological polar surface area (TPSA) is 67.1 Å². The van der Waals surface area contributed by atoms with Gasteiger partial charge in [-0.05, 0) is 49.9 Å². The molecule has 2 heterocycles. The molecule has 3 rings (SSSR count). The second kappa shape index (κ2) is 7.34. The Balaban J connectivity index is 1.65. The minimum absolute atomic E-state index is 0.150. The largest absolute Gasteiger partial charge is 0.352 e. The van der Waals surface area contributed by atoms with E-state index in [2.05, 4.69) is 66.8 Å². The quantitative estimate of drug-likeness (QED) is 0.624. The minimum atomic E-state index is 0.150. The molecule has 128 valence electrons. The number of aryl methyl sites for hydroxylation is 3. The number of halogens is 1. The molecule has 1 atom stereocenters. The summed E-state index contributed by atoms with van der Waals surface area (Å²) in [4.78, 5) is 8.92. The molecule has 24 heavy (non-hydrogen) atoms. The molecule has 0 saturated heterocycles. The highest BCUT2D eigenvalue weighted by Crippen LogP contribution is 2.22. The molecular weight excluding hydrogens is 368 g/mol. The number of nitrogens with one attached hydrogen (secondary N) is 2. The minimum Gasteiger partial charge on any atom is -0.352 e. The fourth-order valence-electron chi connectivity index (χ4n) is 3.00. The van der Waals surface area contributed by atoms with E-state index in [1.54, 1.807) is 7.05 Å². The van der Waals surface area contributed by atoms with Crippen LogP contribution in [0.3, 0.4) is 0 Å². The normalized spacial score (nSPS) is 17.5. The third-order valence-electron chi connectivity index (χ3n) is 4.27. The van der Waals surface area contributed by atoms with Gasteiger partial charge in [0.25, 0.3) is 0 Å². The van der Waals surface area contributed by atoms with E-state index in [0.29, 0.717) is 0 Å². The van der Waals surface area contributed by atoms with Gasteiger partial charge in [0.15, 0.2) is 5.96 Å². The second-order valence-corrected chi connectivity index (χ2v) is 6.99. The van der Waals surface area contributed by atoms with Crippen LogP contribution in [0.1, 0.15) is 41.7 Å². The van der Waals surface area contributed by atoms with Gasteiger partial charge in [-0.1, -0.05) is 22.0 Å². The third-order valence-corrected chi connectivity index (χ3v) is 4.76. The fraction of sp³-hybridized carbons (Fsp3) is 0.471. The lowest BCUT2D eigenvalue weighted by molar-refractivity contribution is 0.397. The van der Waals surface area contributed by atoms with E-state index in [-0.39, 0.29) is 6.04 Å². The average molecular weight is 391 g/mol. The maximum absolute atomic E-state index is 4.56. The molecular formula is C17H23BrN6. The van der Waals surface area contributed by atoms with Gasteiger partial charge in [0.1, 0.15) is 11.6 Å². The van der Waals surface area contributed by atoms with Crippen molar-refractivity contribution in [1.29, 1.82) is 0 Å². The molecule has 7 heteroatoms. The van der Waals surface area contributed by atoms with Gasteiger partial charge in [-0.15, -0.1) is 0 Å². The van der Waals surface area contributed by atoms with Crippen molar-refractivity contribution in [2.75, 3.05) is 7.05 Å². The first-order valence-corrected chi connectivity index (χ1v) is 8.99. The smallest absolute Gasteiger partial charge is 0.191 e. The van der Waals surface area contributed by atoms with Crippen molar-refractivity contribution in [3.63, 3.8) is 0 Å². The van der Waals surface area contributed by atoms with E-state index >= 15 is 0 Å². The van der Waals surface area contributed by atoms with Crippen molar-refractivity contribution < 1.29 is 0 Å². The fourth-order valence-corrected chi connectivity index (χ4v) is 3.48. The van der Waals surface area contributed by atoms with Gasteiger partial charge in [-0.2, -0.15) is 5.10 Å². The number of fused-ring (bicyclic) bond motifs is 1. The molecule has 0 aliphatic carbocycles. The monoisotopic (exact) mass is 390 g/mol. The summed E-state index contributed by atoms with van der Waals surface area (Å²) in [6, 6.07) is 6.46. The number of rotatable bonds is 3. The number of aliphatic imine (C=N–C) groups is 1. The molecule has 2 N–H and O–H groups in total. The Kier molecular flexibility index (Phi) is 5.18. The van der Waals surface area contributed by atoms with E-state index in [4.69, 9.17) is 0 Å². The van der Waals surface area contributed by atoms with Crippen LogP contribution in [0.2, 0.25) is 0 Å². The van der Waals surface area contributed by atoms with E-state index < -0.39 is 0 Å². The molecule has 0 radical (unpaired) electrons. The van der Waals surface area contributed by atoms with Crippen molar-refractivity contribution in [2.45, 2.75) is 45.8 Å². The molecule has 1 aromatic heterocycles. The first kappa shape index (κ1) is 17.0. The average Bonchev–Trinajstić information content (AvgIpc) is 2.94. The van der Waals surface area contributed by atoms with E-state index in [9.17, 15) is 0 Å². The predicted molar refractivity (Wildman–Crippen MR) is 98.9 cm³/mol. The number of hydrogen-bond donors (Lipinski definition) is 2. The van der Waals surface area contributed by atoms with Crippen molar-refractivity contribution in [2.24, 2.45) is 4.99 Å². The third kappa shape index (κ3) is 3.77. The van der Waals surface area contributed by atoms with E-state index in [1.165, 1.54) is 11.1 Å². The molecule has 0 fully saturated rings. The van der Waals surface area contributed by atoms with Crippen LogP contribution in [-0.2, 0) is 13.1 Å². The van der Waals surface area contributed by atoms with Gasteiger partial charge in [0.05, 0.1) is 6.04 Å². The zero-order valence-electron chi connectivity index (χ0n) is 14.3. The summed E-state index contributed by atoms with van der Waals surface area (Å²) in [6.07, 6.45) is 2.13. The first-order chi connectivity index (χ1) is 11.6. The highest BCUT2D eigenvalue weighted by atomic mass is 79.9. The lowest BCUT2D eigenvalue weighted by atomic mass is 10.1. The molecule has 0 saturated carbocycles. The van der Waals surface area contributed by atoms with Gasteiger partial charge in [0, 0.05) is 24.6 Å². The Morgan fingerprint density at radius 2 is 2.25 bits per heavy atom. The van der Waals surface area contributed by atoms with Crippen molar-refractivity contribution in [3.05, 3.63) is 45.4 Å². The highest BCUT2D eigenvalue weighted by molar-refractivity contribution is 9.10. The highest BCUT2D eigenvalue weighted by Gasteiger charge is 2.24. The molecule has 2 aromatic rings. The van der Waals surface area contributed by atoms with Gasteiger partial charge in [0.2, 0.25) is 0 Å². The van der Waals surface area contributed by atoms with Crippen LogP contribution in [0.15, 0.2) is 27.7 Å². The van der Waals surface area contributed by atoms with Crippen LogP contribution in [0.5, 0.6) is 0 Å². The SMILES string of the molecule is CN=C(NCc1ccc(Br)cc1C)NC1CCCn2nc(C)nc21. The molecule has 0 bridgehead atoms. The van der Waals surface area contributed by atoms with Crippen LogP contribution in [-0.4, -0.2) is 27.8 Å². The van der Waals surface area contributed by atoms with Crippen molar-refractivity contribution in [3.8, 4) is 0 Å². The van der Waals surface area contributed by atoms with Crippen LogP contribution in [0, 0.1) is 13.8 Å². The van der Waals surface area contributed by atoms with Gasteiger partial charge in [-0.3, -0.25) is 4.99 Å². The summed E-state index contributed by atoms with van der Waals surface area (Å²) >= 11 is 3.50. The molecule has 1 aliphatic heterocycles. The van der Waals surface area contributed by atoms with Gasteiger partial charge < -0.3 is 10.6 Å². The maximum atomic E-state index is 4.56. The molecule has 0 spiro atoms. The Hall–Kier alpha value is -1.89. The zero-order valence-corrected chi connectivity index (χ0v) is 15.9. The predicted octanol–water partition coefficient (Wildman–Crippen LogP) is 2.86. The lowest BCUT2D eigenvalue weighted by Gasteiger charge is -2.25. The maximum Gasteiger partial charge on any atom is 0.191 e.